The fourth-order valence-electron chi connectivity index (χ4n) is 0.828. The minimum Gasteiger partial charge on any atom is -0.299 e. The second kappa shape index (κ2) is 6.43. The number of carbonyl (C=O) groups excluding carboxylic acids is 1. The van der Waals surface area contributed by atoms with Crippen LogP contribution in [0.25, 0.3) is 0 Å². The van der Waals surface area contributed by atoms with E-state index in [-0.39, 0.29) is 0 Å². The molecular formula is C10H13NOS. The van der Waals surface area contributed by atoms with Gasteiger partial charge in [0.15, 0.2) is 0 Å². The molecule has 3 heteroatoms. The minimum atomic E-state index is 0.687. The Morgan fingerprint density at radius 1 is 1.54 bits per heavy atom. The number of carbonyl (C=O) groups is 1. The molecule has 0 amide bonds. The Morgan fingerprint density at radius 2 is 2.15 bits per heavy atom. The predicted molar refractivity (Wildman–Crippen MR) is 60.1 cm³/mol. The second-order valence-corrected chi connectivity index (χ2v) is 3.17. The molecule has 0 aliphatic carbocycles. The van der Waals surface area contributed by atoms with Crippen LogP contribution in [0, 0.1) is 0 Å². The Bertz CT molecular complexity index is 277. The van der Waals surface area contributed by atoms with E-state index in [2.05, 4.69) is 18.3 Å². The maximum Gasteiger partial charge on any atom is 0.142 e. The van der Waals surface area contributed by atoms with E-state index in [1.54, 1.807) is 17.8 Å². The van der Waals surface area contributed by atoms with E-state index in [0.29, 0.717) is 12.0 Å². The number of allylic oxidation sites excluding steroid dienone is 3. The zero-order valence-corrected chi connectivity index (χ0v) is 8.73. The summed E-state index contributed by atoms with van der Waals surface area (Å²) in [6.07, 6.45) is 5.66. The molecular weight excluding hydrogens is 182 g/mol. The molecule has 0 unspecified atom stereocenters. The summed E-state index contributed by atoms with van der Waals surface area (Å²) in [5.74, 6) is 0. The van der Waals surface area contributed by atoms with E-state index >= 15 is 0 Å². The van der Waals surface area contributed by atoms with Gasteiger partial charge in [-0.1, -0.05) is 6.58 Å². The third kappa shape index (κ3) is 3.90. The minimum absolute atomic E-state index is 0.687. The number of aldehydes is 1. The fraction of sp³-hybridized carbons (Fsp3) is 0.200. The molecule has 0 atom stereocenters. The SMILES string of the molecule is C=NC(/C=C/C=O)=C(/SC)C(=C)C. The van der Waals surface area contributed by atoms with Gasteiger partial charge in [-0.3, -0.25) is 9.79 Å². The molecule has 0 aromatic heterocycles. The topological polar surface area (TPSA) is 29.4 Å². The standard InChI is InChI=1S/C10H13NOS/c1-8(2)10(13-4)9(11-3)6-5-7-12/h5-7H,1,3H2,2,4H3/b6-5+,10-9+. The van der Waals surface area contributed by atoms with Crippen molar-refractivity contribution < 1.29 is 4.79 Å². The lowest BCUT2D eigenvalue weighted by Crippen LogP contribution is -1.84. The average molecular weight is 195 g/mol. The summed E-state index contributed by atoms with van der Waals surface area (Å²) in [4.78, 5) is 14.9. The number of thioether (sulfide) groups is 1. The van der Waals surface area contributed by atoms with Gasteiger partial charge in [-0.05, 0) is 37.6 Å². The van der Waals surface area contributed by atoms with Crippen molar-refractivity contribution in [1.82, 2.24) is 0 Å². The first-order chi connectivity index (χ1) is 6.17. The van der Waals surface area contributed by atoms with E-state index in [0.717, 1.165) is 10.5 Å². The summed E-state index contributed by atoms with van der Waals surface area (Å²) < 4.78 is 0. The largest absolute Gasteiger partial charge is 0.299 e. The highest BCUT2D eigenvalue weighted by Crippen LogP contribution is 2.25. The van der Waals surface area contributed by atoms with Gasteiger partial charge in [0.2, 0.25) is 0 Å². The second-order valence-electron chi connectivity index (χ2n) is 2.35. The van der Waals surface area contributed by atoms with Crippen LogP contribution in [0.4, 0.5) is 0 Å². The summed E-state index contributed by atoms with van der Waals surface area (Å²) in [5, 5.41) is 0. The zero-order valence-electron chi connectivity index (χ0n) is 7.91. The van der Waals surface area contributed by atoms with E-state index in [1.807, 2.05) is 13.2 Å². The molecule has 70 valence electrons. The van der Waals surface area contributed by atoms with Gasteiger partial charge in [0.05, 0.1) is 5.70 Å². The van der Waals surface area contributed by atoms with E-state index < -0.39 is 0 Å². The van der Waals surface area contributed by atoms with E-state index in [9.17, 15) is 4.79 Å². The molecule has 0 spiro atoms. The number of nitrogens with zero attached hydrogens (tertiary/aromatic N) is 1. The Morgan fingerprint density at radius 3 is 2.46 bits per heavy atom. The molecule has 0 aromatic carbocycles. The normalized spacial score (nSPS) is 12.5. The molecule has 2 nitrogen and oxygen atoms in total. The van der Waals surface area contributed by atoms with Crippen LogP contribution in [-0.4, -0.2) is 19.3 Å². The Balaban J connectivity index is 5.04. The molecule has 0 aromatic rings. The molecule has 0 radical (unpaired) electrons. The number of hydrogen-bond acceptors (Lipinski definition) is 3. The van der Waals surface area contributed by atoms with Crippen LogP contribution in [0.5, 0.6) is 0 Å². The lowest BCUT2D eigenvalue weighted by atomic mass is 10.2. The zero-order chi connectivity index (χ0) is 10.3. The van der Waals surface area contributed by atoms with Gasteiger partial charge in [-0.25, -0.2) is 0 Å². The number of rotatable bonds is 5. The van der Waals surface area contributed by atoms with Crippen molar-refractivity contribution in [2.45, 2.75) is 6.92 Å². The maximum absolute atomic E-state index is 10.1. The van der Waals surface area contributed by atoms with Crippen molar-refractivity contribution in [1.29, 1.82) is 0 Å². The average Bonchev–Trinajstić information content (AvgIpc) is 2.11. The molecule has 0 saturated carbocycles. The van der Waals surface area contributed by atoms with Crippen LogP contribution in [-0.2, 0) is 4.79 Å². The highest BCUT2D eigenvalue weighted by Gasteiger charge is 2.01. The Kier molecular flexibility index (Phi) is 5.89. The van der Waals surface area contributed by atoms with Crippen molar-refractivity contribution in [2.24, 2.45) is 4.99 Å². The third-order valence-corrected chi connectivity index (χ3v) is 2.29. The molecule has 0 heterocycles. The summed E-state index contributed by atoms with van der Waals surface area (Å²) in [6.45, 7) is 9.14. The molecule has 0 saturated heterocycles. The van der Waals surface area contributed by atoms with Crippen molar-refractivity contribution in [3.63, 3.8) is 0 Å². The Labute approximate surface area is 83.1 Å². The lowest BCUT2D eigenvalue weighted by molar-refractivity contribution is -0.104. The van der Waals surface area contributed by atoms with Crippen molar-refractivity contribution in [3.8, 4) is 0 Å². The van der Waals surface area contributed by atoms with Gasteiger partial charge < -0.3 is 0 Å². The molecule has 0 fully saturated rings. The quantitative estimate of drug-likeness (QED) is 0.292. The maximum atomic E-state index is 10.1. The predicted octanol–water partition coefficient (Wildman–Crippen LogP) is 2.59. The van der Waals surface area contributed by atoms with Gasteiger partial charge >= 0.3 is 0 Å². The lowest BCUT2D eigenvalue weighted by Gasteiger charge is -2.04. The summed E-state index contributed by atoms with van der Waals surface area (Å²) >= 11 is 1.54. The fourth-order valence-corrected chi connectivity index (χ4v) is 1.52. The monoisotopic (exact) mass is 195 g/mol. The molecule has 0 bridgehead atoms. The third-order valence-electron chi connectivity index (χ3n) is 1.33. The van der Waals surface area contributed by atoms with Crippen LogP contribution >= 0.6 is 11.8 Å². The van der Waals surface area contributed by atoms with Gasteiger partial charge in [-0.15, -0.1) is 11.8 Å². The van der Waals surface area contributed by atoms with Gasteiger partial charge in [-0.2, -0.15) is 0 Å². The first kappa shape index (κ1) is 11.9. The summed E-state index contributed by atoms with van der Waals surface area (Å²) in [5.41, 5.74) is 1.61. The first-order valence-corrected chi connectivity index (χ1v) is 4.92. The van der Waals surface area contributed by atoms with E-state index in [1.165, 1.54) is 6.08 Å². The van der Waals surface area contributed by atoms with Crippen molar-refractivity contribution in [3.05, 3.63) is 34.9 Å². The summed E-state index contributed by atoms with van der Waals surface area (Å²) in [7, 11) is 0. The van der Waals surface area contributed by atoms with Crippen LogP contribution in [0.3, 0.4) is 0 Å². The van der Waals surface area contributed by atoms with Crippen LogP contribution in [0.2, 0.25) is 0 Å². The van der Waals surface area contributed by atoms with Gasteiger partial charge in [0.1, 0.15) is 6.29 Å². The van der Waals surface area contributed by atoms with Gasteiger partial charge in [0.25, 0.3) is 0 Å². The van der Waals surface area contributed by atoms with Crippen molar-refractivity contribution >= 4 is 24.8 Å². The van der Waals surface area contributed by atoms with Crippen LogP contribution in [0.15, 0.2) is 39.9 Å². The van der Waals surface area contributed by atoms with Crippen LogP contribution < -0.4 is 0 Å². The van der Waals surface area contributed by atoms with Crippen molar-refractivity contribution in [2.75, 3.05) is 6.26 Å². The molecule has 0 aliphatic rings. The first-order valence-electron chi connectivity index (χ1n) is 3.70. The van der Waals surface area contributed by atoms with E-state index in [4.69, 9.17) is 0 Å². The smallest absolute Gasteiger partial charge is 0.142 e. The van der Waals surface area contributed by atoms with Crippen LogP contribution in [0.1, 0.15) is 6.92 Å². The number of aliphatic imine (C=N–C) groups is 1. The molecule has 0 N–H and O–H groups in total. The highest BCUT2D eigenvalue weighted by atomic mass is 32.2. The van der Waals surface area contributed by atoms with Gasteiger partial charge in [0, 0.05) is 4.91 Å². The summed E-state index contributed by atoms with van der Waals surface area (Å²) in [6, 6.07) is 0. The molecule has 13 heavy (non-hydrogen) atoms. The molecule has 0 rings (SSSR count). The molecule has 0 aliphatic heterocycles. The Hall–Kier alpha value is -1.09. The number of hydrogen-bond donors (Lipinski definition) is 0. The highest BCUT2D eigenvalue weighted by molar-refractivity contribution is 8.02.